The number of aromatic amines is 1. The number of aryl methyl sites for hydroxylation is 1. The van der Waals surface area contributed by atoms with Gasteiger partial charge in [-0.3, -0.25) is 4.79 Å². The first-order valence-electron chi connectivity index (χ1n) is 7.51. The monoisotopic (exact) mass is 325 g/mol. The lowest BCUT2D eigenvalue weighted by Crippen LogP contribution is -2.51. The van der Waals surface area contributed by atoms with Crippen molar-refractivity contribution in [3.63, 3.8) is 0 Å². The lowest BCUT2D eigenvalue weighted by molar-refractivity contribution is 0.0570. The van der Waals surface area contributed by atoms with E-state index < -0.39 is 23.7 Å². The molecule has 4 nitrogen and oxygen atoms in total. The zero-order valence-electron chi connectivity index (χ0n) is 12.9. The minimum atomic E-state index is -1.20. The van der Waals surface area contributed by atoms with Gasteiger partial charge in [-0.15, -0.1) is 0 Å². The Morgan fingerprint density at radius 1 is 1.39 bits per heavy atom. The predicted molar refractivity (Wildman–Crippen MR) is 81.2 cm³/mol. The van der Waals surface area contributed by atoms with Gasteiger partial charge in [0.15, 0.2) is 5.82 Å². The highest BCUT2D eigenvalue weighted by Gasteiger charge is 2.33. The predicted octanol–water partition coefficient (Wildman–Crippen LogP) is 2.53. The van der Waals surface area contributed by atoms with Crippen molar-refractivity contribution in [1.29, 1.82) is 0 Å². The number of amides is 1. The maximum absolute atomic E-state index is 14.6. The van der Waals surface area contributed by atoms with Crippen LogP contribution in [0.15, 0.2) is 12.1 Å². The summed E-state index contributed by atoms with van der Waals surface area (Å²) in [5.41, 5.74) is 0.253. The van der Waals surface area contributed by atoms with Crippen LogP contribution in [0.5, 0.6) is 0 Å². The van der Waals surface area contributed by atoms with Crippen molar-refractivity contribution in [2.45, 2.75) is 25.6 Å². The first kappa shape index (κ1) is 15.9. The molecule has 23 heavy (non-hydrogen) atoms. The molecule has 0 bridgehead atoms. The fraction of sp³-hybridized carbons (Fsp3) is 0.438. The summed E-state index contributed by atoms with van der Waals surface area (Å²) < 4.78 is 42.1. The molecule has 1 aliphatic heterocycles. The van der Waals surface area contributed by atoms with E-state index in [1.807, 2.05) is 0 Å². The van der Waals surface area contributed by atoms with Gasteiger partial charge in [0, 0.05) is 23.5 Å². The molecule has 1 fully saturated rings. The molecule has 1 saturated heterocycles. The van der Waals surface area contributed by atoms with Gasteiger partial charge in [-0.05, 0) is 38.1 Å². The van der Waals surface area contributed by atoms with Gasteiger partial charge >= 0.3 is 0 Å². The van der Waals surface area contributed by atoms with E-state index >= 15 is 0 Å². The second kappa shape index (κ2) is 5.88. The lowest BCUT2D eigenvalue weighted by atomic mass is 10.0. The largest absolute Gasteiger partial charge is 0.348 e. The van der Waals surface area contributed by atoms with E-state index in [-0.39, 0.29) is 29.2 Å². The lowest BCUT2D eigenvalue weighted by Gasteiger charge is -2.34. The second-order valence-electron chi connectivity index (χ2n) is 5.86. The summed E-state index contributed by atoms with van der Waals surface area (Å²) in [6, 6.07) is 2.31. The number of piperidine rings is 1. The summed E-state index contributed by atoms with van der Waals surface area (Å²) >= 11 is 0. The molecule has 2 heterocycles. The van der Waals surface area contributed by atoms with Crippen LogP contribution in [0, 0.1) is 18.6 Å². The van der Waals surface area contributed by atoms with Crippen LogP contribution in [0.2, 0.25) is 0 Å². The van der Waals surface area contributed by atoms with E-state index in [9.17, 15) is 18.0 Å². The van der Waals surface area contributed by atoms with Gasteiger partial charge in [-0.1, -0.05) is 0 Å². The molecule has 124 valence electrons. The molecule has 0 saturated carbocycles. The number of carbonyl (C=O) groups is 1. The molecule has 2 aromatic rings. The molecule has 2 N–H and O–H groups in total. The van der Waals surface area contributed by atoms with Crippen LogP contribution >= 0.6 is 0 Å². The second-order valence-corrected chi connectivity index (χ2v) is 5.86. The fourth-order valence-corrected chi connectivity index (χ4v) is 3.11. The third-order valence-electron chi connectivity index (χ3n) is 4.51. The SMILES string of the molecule is CN[C@H]1CCN(C(=O)c2[nH]c3ccc(F)c(C)c3c2F)C[C@H]1F. The third-order valence-corrected chi connectivity index (χ3v) is 4.51. The molecule has 2 atom stereocenters. The number of nitrogens with one attached hydrogen (secondary N) is 2. The highest BCUT2D eigenvalue weighted by atomic mass is 19.1. The van der Waals surface area contributed by atoms with E-state index in [2.05, 4.69) is 10.3 Å². The molecule has 1 aliphatic rings. The van der Waals surface area contributed by atoms with E-state index in [0.29, 0.717) is 18.5 Å². The van der Waals surface area contributed by atoms with E-state index in [1.54, 1.807) is 7.05 Å². The number of fused-ring (bicyclic) bond motifs is 1. The Hall–Kier alpha value is -2.02. The Balaban J connectivity index is 1.93. The smallest absolute Gasteiger partial charge is 0.273 e. The Labute approximate surface area is 131 Å². The highest BCUT2D eigenvalue weighted by Crippen LogP contribution is 2.27. The summed E-state index contributed by atoms with van der Waals surface area (Å²) in [6.45, 7) is 1.71. The van der Waals surface area contributed by atoms with Crippen LogP contribution in [0.25, 0.3) is 10.9 Å². The van der Waals surface area contributed by atoms with Crippen molar-refractivity contribution in [3.05, 3.63) is 35.0 Å². The van der Waals surface area contributed by atoms with E-state index in [0.717, 1.165) is 0 Å². The molecule has 1 amide bonds. The third kappa shape index (κ3) is 2.59. The standard InChI is InChI=1S/C16H18F3N3O/c1-8-9(17)3-4-12-13(8)14(19)15(21-12)16(23)22-6-5-11(20-2)10(18)7-22/h3-4,10-11,20-21H,5-7H2,1-2H3/t10-,11+/m1/s1. The fourth-order valence-electron chi connectivity index (χ4n) is 3.11. The number of nitrogens with zero attached hydrogens (tertiary/aromatic N) is 1. The topological polar surface area (TPSA) is 48.1 Å². The van der Waals surface area contributed by atoms with Gasteiger partial charge < -0.3 is 15.2 Å². The van der Waals surface area contributed by atoms with Crippen LogP contribution in [0.1, 0.15) is 22.5 Å². The Kier molecular flexibility index (Phi) is 4.06. The highest BCUT2D eigenvalue weighted by molar-refractivity contribution is 5.99. The number of benzene rings is 1. The Bertz CT molecular complexity index is 759. The summed E-state index contributed by atoms with van der Waals surface area (Å²) in [5, 5.41) is 2.93. The van der Waals surface area contributed by atoms with Gasteiger partial charge in [0.1, 0.15) is 17.7 Å². The number of halogens is 3. The van der Waals surface area contributed by atoms with Gasteiger partial charge in [0.05, 0.1) is 6.54 Å². The minimum Gasteiger partial charge on any atom is -0.348 e. The molecule has 0 spiro atoms. The number of H-pyrrole nitrogens is 1. The summed E-state index contributed by atoms with van der Waals surface area (Å²) in [5.74, 6) is -1.92. The summed E-state index contributed by atoms with van der Waals surface area (Å²) in [6.07, 6.45) is -0.747. The van der Waals surface area contributed by atoms with Crippen LogP contribution in [-0.4, -0.2) is 48.1 Å². The van der Waals surface area contributed by atoms with Crippen LogP contribution in [-0.2, 0) is 0 Å². The molecular formula is C16H18F3N3O. The molecule has 0 radical (unpaired) electrons. The van der Waals surface area contributed by atoms with Gasteiger partial charge in [0.25, 0.3) is 5.91 Å². The molecular weight excluding hydrogens is 307 g/mol. The Morgan fingerprint density at radius 3 is 2.78 bits per heavy atom. The van der Waals surface area contributed by atoms with E-state index in [4.69, 9.17) is 0 Å². The summed E-state index contributed by atoms with van der Waals surface area (Å²) in [7, 11) is 1.67. The summed E-state index contributed by atoms with van der Waals surface area (Å²) in [4.78, 5) is 16.5. The molecule has 1 aromatic heterocycles. The first-order valence-corrected chi connectivity index (χ1v) is 7.51. The van der Waals surface area contributed by atoms with Crippen LogP contribution < -0.4 is 5.32 Å². The molecule has 0 unspecified atom stereocenters. The van der Waals surface area contributed by atoms with Gasteiger partial charge in [-0.25, -0.2) is 13.2 Å². The molecule has 1 aromatic carbocycles. The van der Waals surface area contributed by atoms with Gasteiger partial charge in [0.2, 0.25) is 0 Å². The molecule has 7 heteroatoms. The number of carbonyl (C=O) groups excluding carboxylic acids is 1. The van der Waals surface area contributed by atoms with Crippen LogP contribution in [0.4, 0.5) is 13.2 Å². The number of alkyl halides is 1. The number of rotatable bonds is 2. The average Bonchev–Trinajstić information content (AvgIpc) is 2.87. The number of likely N-dealkylation sites (tertiary alicyclic amines) is 1. The maximum Gasteiger partial charge on any atom is 0.273 e. The van der Waals surface area contributed by atoms with Crippen molar-refractivity contribution in [3.8, 4) is 0 Å². The van der Waals surface area contributed by atoms with Crippen molar-refractivity contribution >= 4 is 16.8 Å². The average molecular weight is 325 g/mol. The van der Waals surface area contributed by atoms with Crippen LogP contribution in [0.3, 0.4) is 0 Å². The van der Waals surface area contributed by atoms with Gasteiger partial charge in [-0.2, -0.15) is 0 Å². The zero-order chi connectivity index (χ0) is 16.7. The number of hydrogen-bond donors (Lipinski definition) is 2. The van der Waals surface area contributed by atoms with E-state index in [1.165, 1.54) is 24.0 Å². The van der Waals surface area contributed by atoms with Crippen molar-refractivity contribution in [2.24, 2.45) is 0 Å². The number of hydrogen-bond acceptors (Lipinski definition) is 2. The van der Waals surface area contributed by atoms with Crippen molar-refractivity contribution in [2.75, 3.05) is 20.1 Å². The Morgan fingerprint density at radius 2 is 2.13 bits per heavy atom. The van der Waals surface area contributed by atoms with Crippen molar-refractivity contribution < 1.29 is 18.0 Å². The molecule has 3 rings (SSSR count). The quantitative estimate of drug-likeness (QED) is 0.891. The normalized spacial score (nSPS) is 21.9. The molecule has 0 aliphatic carbocycles. The maximum atomic E-state index is 14.6. The van der Waals surface area contributed by atoms with Crippen molar-refractivity contribution in [1.82, 2.24) is 15.2 Å². The minimum absolute atomic E-state index is 0.0651. The zero-order valence-corrected chi connectivity index (χ0v) is 12.9. The first-order chi connectivity index (χ1) is 10.9. The number of aromatic nitrogens is 1.